The maximum Gasteiger partial charge on any atom is 0.322 e. The lowest BCUT2D eigenvalue weighted by Gasteiger charge is -2.03. The maximum absolute atomic E-state index is 12.9. The summed E-state index contributed by atoms with van der Waals surface area (Å²) in [6, 6.07) is 12.7. The second-order valence-electron chi connectivity index (χ2n) is 4.99. The van der Waals surface area contributed by atoms with E-state index in [1.807, 2.05) is 0 Å². The Morgan fingerprint density at radius 1 is 1.21 bits per heavy atom. The molecule has 3 aromatic rings. The van der Waals surface area contributed by atoms with Crippen molar-refractivity contribution in [2.45, 2.75) is 6.42 Å². The molecule has 0 fully saturated rings. The molecule has 1 amide bonds. The van der Waals surface area contributed by atoms with E-state index >= 15 is 0 Å². The van der Waals surface area contributed by atoms with Gasteiger partial charge in [-0.05, 0) is 35.9 Å². The summed E-state index contributed by atoms with van der Waals surface area (Å²) < 4.78 is 23.3. The molecule has 1 aromatic heterocycles. The van der Waals surface area contributed by atoms with Crippen LogP contribution >= 0.6 is 0 Å². The third-order valence-corrected chi connectivity index (χ3v) is 3.29. The average molecular weight is 327 g/mol. The van der Waals surface area contributed by atoms with Crippen LogP contribution in [0.1, 0.15) is 21.8 Å². The molecule has 6 nitrogen and oxygen atoms in total. The van der Waals surface area contributed by atoms with Gasteiger partial charge in [0.2, 0.25) is 5.89 Å². The number of halogens is 1. The van der Waals surface area contributed by atoms with Crippen LogP contribution in [0.2, 0.25) is 0 Å². The highest BCUT2D eigenvalue weighted by atomic mass is 19.1. The first-order valence-electron chi connectivity index (χ1n) is 7.16. The van der Waals surface area contributed by atoms with Crippen molar-refractivity contribution in [2.75, 3.05) is 12.4 Å². The fraction of sp³-hybridized carbons (Fsp3) is 0.118. The lowest BCUT2D eigenvalue weighted by Crippen LogP contribution is -2.12. The van der Waals surface area contributed by atoms with Crippen LogP contribution in [0.3, 0.4) is 0 Å². The topological polar surface area (TPSA) is 77.2 Å². The fourth-order valence-corrected chi connectivity index (χ4v) is 2.09. The molecule has 0 saturated heterocycles. The van der Waals surface area contributed by atoms with Gasteiger partial charge in [0.25, 0.3) is 5.91 Å². The molecular weight excluding hydrogens is 313 g/mol. The second kappa shape index (κ2) is 6.91. The molecule has 1 N–H and O–H groups in total. The molecule has 0 aliphatic carbocycles. The smallest absolute Gasteiger partial charge is 0.322 e. The van der Waals surface area contributed by atoms with Crippen LogP contribution in [-0.2, 0) is 6.42 Å². The van der Waals surface area contributed by atoms with Gasteiger partial charge >= 0.3 is 6.01 Å². The number of hydrogen-bond donors (Lipinski definition) is 1. The molecule has 24 heavy (non-hydrogen) atoms. The highest BCUT2D eigenvalue weighted by Crippen LogP contribution is 2.15. The Bertz CT molecular complexity index is 846. The monoisotopic (exact) mass is 327 g/mol. The number of anilines is 1. The zero-order valence-electron chi connectivity index (χ0n) is 12.8. The van der Waals surface area contributed by atoms with Crippen molar-refractivity contribution in [3.63, 3.8) is 0 Å². The normalized spacial score (nSPS) is 10.4. The summed E-state index contributed by atoms with van der Waals surface area (Å²) in [7, 11) is 1.52. The highest BCUT2D eigenvalue weighted by Gasteiger charge is 2.12. The number of ether oxygens (including phenoxy) is 1. The number of rotatable bonds is 5. The van der Waals surface area contributed by atoms with Crippen LogP contribution in [0, 0.1) is 5.82 Å². The van der Waals surface area contributed by atoms with E-state index in [1.54, 1.807) is 36.4 Å². The minimum atomic E-state index is -0.383. The van der Waals surface area contributed by atoms with E-state index in [2.05, 4.69) is 15.5 Å². The van der Waals surface area contributed by atoms with Gasteiger partial charge in [0.15, 0.2) is 0 Å². The number of carbonyl (C=O) groups excluding carboxylic acids is 1. The quantitative estimate of drug-likeness (QED) is 0.779. The van der Waals surface area contributed by atoms with Crippen molar-refractivity contribution in [1.82, 2.24) is 10.2 Å². The third-order valence-electron chi connectivity index (χ3n) is 3.29. The van der Waals surface area contributed by atoms with Crippen LogP contribution in [0.5, 0.6) is 5.75 Å². The predicted octanol–water partition coefficient (Wildman–Crippen LogP) is 3.06. The third kappa shape index (κ3) is 3.75. The molecule has 0 atom stereocenters. The molecule has 0 saturated carbocycles. The van der Waals surface area contributed by atoms with E-state index in [1.165, 1.54) is 19.2 Å². The minimum absolute atomic E-state index is 0.0000634. The standard InChI is InChI=1S/C17H14FN3O3/c1-23-14-4-2-3-12(10-14)16(22)19-17-21-20-15(24-17)9-11-5-7-13(18)8-6-11/h2-8,10H,9H2,1H3,(H,19,21,22). The molecule has 0 spiro atoms. The molecule has 0 unspecified atom stereocenters. The number of hydrogen-bond acceptors (Lipinski definition) is 5. The summed E-state index contributed by atoms with van der Waals surface area (Å²) in [6.45, 7) is 0. The van der Waals surface area contributed by atoms with Gasteiger partial charge in [0, 0.05) is 5.56 Å². The zero-order chi connectivity index (χ0) is 16.9. The van der Waals surface area contributed by atoms with Gasteiger partial charge in [-0.1, -0.05) is 23.3 Å². The van der Waals surface area contributed by atoms with E-state index < -0.39 is 0 Å². The Morgan fingerprint density at radius 3 is 2.75 bits per heavy atom. The Hall–Kier alpha value is -3.22. The number of carbonyl (C=O) groups is 1. The van der Waals surface area contributed by atoms with Crippen molar-refractivity contribution in [3.8, 4) is 5.75 Å². The largest absolute Gasteiger partial charge is 0.497 e. The van der Waals surface area contributed by atoms with E-state index in [0.717, 1.165) is 5.56 Å². The van der Waals surface area contributed by atoms with Gasteiger partial charge < -0.3 is 9.15 Å². The number of benzene rings is 2. The summed E-state index contributed by atoms with van der Waals surface area (Å²) in [5.74, 6) is 0.203. The van der Waals surface area contributed by atoms with Crippen LogP contribution in [0.4, 0.5) is 10.4 Å². The maximum atomic E-state index is 12.9. The highest BCUT2D eigenvalue weighted by molar-refractivity contribution is 6.03. The lowest BCUT2D eigenvalue weighted by molar-refractivity contribution is 0.102. The van der Waals surface area contributed by atoms with E-state index in [0.29, 0.717) is 23.6 Å². The molecule has 0 aliphatic rings. The van der Waals surface area contributed by atoms with E-state index in [9.17, 15) is 9.18 Å². The predicted molar refractivity (Wildman–Crippen MR) is 84.5 cm³/mol. The first-order valence-corrected chi connectivity index (χ1v) is 7.16. The molecule has 0 bridgehead atoms. The number of nitrogens with zero attached hydrogens (tertiary/aromatic N) is 2. The average Bonchev–Trinajstić information content (AvgIpc) is 3.04. The summed E-state index contributed by atoms with van der Waals surface area (Å²) >= 11 is 0. The van der Waals surface area contributed by atoms with Gasteiger partial charge in [0.05, 0.1) is 13.5 Å². The fourth-order valence-electron chi connectivity index (χ4n) is 2.09. The zero-order valence-corrected chi connectivity index (χ0v) is 12.8. The van der Waals surface area contributed by atoms with Gasteiger partial charge in [0.1, 0.15) is 11.6 Å². The number of nitrogens with one attached hydrogen (secondary N) is 1. The lowest BCUT2D eigenvalue weighted by atomic mass is 10.1. The van der Waals surface area contributed by atoms with Crippen LogP contribution in [-0.4, -0.2) is 23.2 Å². The Balaban J connectivity index is 1.67. The van der Waals surface area contributed by atoms with Crippen molar-refractivity contribution in [1.29, 1.82) is 0 Å². The van der Waals surface area contributed by atoms with Crippen LogP contribution in [0.15, 0.2) is 52.9 Å². The molecule has 2 aromatic carbocycles. The van der Waals surface area contributed by atoms with Crippen LogP contribution in [0.25, 0.3) is 0 Å². The van der Waals surface area contributed by atoms with Gasteiger partial charge in [-0.2, -0.15) is 0 Å². The second-order valence-corrected chi connectivity index (χ2v) is 4.99. The Labute approximate surface area is 137 Å². The van der Waals surface area contributed by atoms with Gasteiger partial charge in [-0.25, -0.2) is 4.39 Å². The first-order chi connectivity index (χ1) is 11.6. The first kappa shape index (κ1) is 15.7. The molecule has 0 aliphatic heterocycles. The minimum Gasteiger partial charge on any atom is -0.497 e. The van der Waals surface area contributed by atoms with Crippen molar-refractivity contribution in [3.05, 3.63) is 71.4 Å². The SMILES string of the molecule is COc1cccc(C(=O)Nc2nnc(Cc3ccc(F)cc3)o2)c1. The Kier molecular flexibility index (Phi) is 4.51. The molecular formula is C17H14FN3O3. The number of methoxy groups -OCH3 is 1. The van der Waals surface area contributed by atoms with Crippen molar-refractivity contribution in [2.24, 2.45) is 0 Å². The van der Waals surface area contributed by atoms with Gasteiger partial charge in [-0.3, -0.25) is 10.1 Å². The van der Waals surface area contributed by atoms with Crippen LogP contribution < -0.4 is 10.1 Å². The van der Waals surface area contributed by atoms with Gasteiger partial charge in [-0.15, -0.1) is 5.10 Å². The summed E-state index contributed by atoms with van der Waals surface area (Å²) in [5.41, 5.74) is 1.23. The van der Waals surface area contributed by atoms with E-state index in [4.69, 9.17) is 9.15 Å². The summed E-state index contributed by atoms with van der Waals surface area (Å²) in [4.78, 5) is 12.2. The number of amides is 1. The molecule has 0 radical (unpaired) electrons. The summed E-state index contributed by atoms with van der Waals surface area (Å²) in [5, 5.41) is 10.2. The molecule has 122 valence electrons. The molecule has 3 rings (SSSR count). The molecule has 1 heterocycles. The summed E-state index contributed by atoms with van der Waals surface area (Å²) in [6.07, 6.45) is 0.350. The van der Waals surface area contributed by atoms with Crippen molar-refractivity contribution < 1.29 is 18.3 Å². The Morgan fingerprint density at radius 2 is 2.00 bits per heavy atom. The molecule has 7 heteroatoms. The number of aromatic nitrogens is 2. The van der Waals surface area contributed by atoms with Crippen molar-refractivity contribution >= 4 is 11.9 Å². The van der Waals surface area contributed by atoms with E-state index in [-0.39, 0.29) is 17.7 Å².